The molecule has 1 amide bonds. The van der Waals surface area contributed by atoms with Crippen molar-refractivity contribution in [3.8, 4) is 0 Å². The first kappa shape index (κ1) is 20.3. The average molecular weight is 395 g/mol. The van der Waals surface area contributed by atoms with Crippen molar-refractivity contribution < 1.29 is 22.4 Å². The maximum absolute atomic E-state index is 12.9. The second-order valence-electron chi connectivity index (χ2n) is 6.82. The van der Waals surface area contributed by atoms with Crippen LogP contribution >= 0.6 is 0 Å². The van der Waals surface area contributed by atoms with Gasteiger partial charge in [-0.1, -0.05) is 6.07 Å². The third-order valence-electron chi connectivity index (χ3n) is 4.84. The molecule has 1 aliphatic heterocycles. The van der Waals surface area contributed by atoms with Gasteiger partial charge < -0.3 is 14.6 Å². The van der Waals surface area contributed by atoms with Gasteiger partial charge in [0.15, 0.2) is 5.76 Å². The van der Waals surface area contributed by atoms with E-state index < -0.39 is 11.7 Å². The minimum absolute atomic E-state index is 0.209. The predicted molar refractivity (Wildman–Crippen MR) is 100 cm³/mol. The average Bonchev–Trinajstić information content (AvgIpc) is 3.22. The molecule has 28 heavy (non-hydrogen) atoms. The zero-order chi connectivity index (χ0) is 20.0. The molecule has 2 aromatic rings. The van der Waals surface area contributed by atoms with Crippen LogP contribution in [0.3, 0.4) is 0 Å². The number of nitrogens with one attached hydrogen (secondary N) is 1. The number of carbonyl (C=O) groups is 1. The number of nitrogens with zero attached hydrogens (tertiary/aromatic N) is 2. The Balaban J connectivity index is 1.35. The highest BCUT2D eigenvalue weighted by atomic mass is 19.4. The van der Waals surface area contributed by atoms with Gasteiger partial charge in [-0.2, -0.15) is 13.2 Å². The maximum atomic E-state index is 12.9. The number of furan rings is 1. The zero-order valence-corrected chi connectivity index (χ0v) is 15.5. The molecule has 3 rings (SSSR count). The van der Waals surface area contributed by atoms with Crippen LogP contribution in [0.4, 0.5) is 18.9 Å². The highest BCUT2D eigenvalue weighted by Gasteiger charge is 2.31. The zero-order valence-electron chi connectivity index (χ0n) is 15.5. The fraction of sp³-hybridized carbons (Fsp3) is 0.450. The molecular formula is C20H24F3N3O2. The third kappa shape index (κ3) is 5.51. The number of anilines is 1. The number of alkyl halides is 3. The van der Waals surface area contributed by atoms with Gasteiger partial charge in [0.2, 0.25) is 0 Å². The summed E-state index contributed by atoms with van der Waals surface area (Å²) >= 11 is 0. The number of halogens is 3. The Morgan fingerprint density at radius 1 is 1.07 bits per heavy atom. The Morgan fingerprint density at radius 3 is 2.54 bits per heavy atom. The number of amides is 1. The summed E-state index contributed by atoms with van der Waals surface area (Å²) in [6.45, 7) is 4.54. The van der Waals surface area contributed by atoms with Crippen LogP contribution in [0, 0.1) is 0 Å². The number of piperazine rings is 1. The first-order chi connectivity index (χ1) is 13.4. The molecule has 152 valence electrons. The van der Waals surface area contributed by atoms with Gasteiger partial charge in [0.05, 0.1) is 11.8 Å². The Morgan fingerprint density at radius 2 is 1.86 bits per heavy atom. The normalized spacial score (nSPS) is 15.6. The molecule has 1 fully saturated rings. The lowest BCUT2D eigenvalue weighted by Crippen LogP contribution is -2.46. The van der Waals surface area contributed by atoms with Gasteiger partial charge in [0.25, 0.3) is 5.91 Å². The molecule has 5 nitrogen and oxygen atoms in total. The standard InChI is InChI=1S/C20H24F3N3O2/c21-20(22,23)16-5-3-6-17(15-16)26-12-10-25(11-13-26)9-2-1-8-24-19(27)18-7-4-14-28-18/h3-7,14-15H,1-2,8-13H2,(H,24,27). The molecule has 1 aromatic carbocycles. The van der Waals surface area contributed by atoms with Crippen LogP contribution in [0.25, 0.3) is 0 Å². The van der Waals surface area contributed by atoms with E-state index in [1.807, 2.05) is 4.90 Å². The van der Waals surface area contributed by atoms with Gasteiger partial charge in [-0.05, 0) is 49.7 Å². The van der Waals surface area contributed by atoms with Crippen LogP contribution in [-0.4, -0.2) is 50.1 Å². The molecular weight excluding hydrogens is 371 g/mol. The van der Waals surface area contributed by atoms with Crippen LogP contribution in [-0.2, 0) is 6.18 Å². The van der Waals surface area contributed by atoms with Gasteiger partial charge >= 0.3 is 6.18 Å². The number of benzene rings is 1. The van der Waals surface area contributed by atoms with Crippen molar-refractivity contribution in [1.82, 2.24) is 10.2 Å². The Bertz CT molecular complexity index is 754. The summed E-state index contributed by atoms with van der Waals surface area (Å²) in [7, 11) is 0. The van der Waals surface area contributed by atoms with E-state index in [0.29, 0.717) is 31.1 Å². The van der Waals surface area contributed by atoms with E-state index in [0.717, 1.165) is 38.5 Å². The molecule has 0 saturated carbocycles. The van der Waals surface area contributed by atoms with Crippen molar-refractivity contribution in [2.75, 3.05) is 44.2 Å². The van der Waals surface area contributed by atoms with Crippen LogP contribution in [0.1, 0.15) is 29.0 Å². The largest absolute Gasteiger partial charge is 0.459 e. The summed E-state index contributed by atoms with van der Waals surface area (Å²) in [6, 6.07) is 8.81. The molecule has 1 aliphatic rings. The lowest BCUT2D eigenvalue weighted by Gasteiger charge is -2.36. The number of hydrogen-bond acceptors (Lipinski definition) is 4. The SMILES string of the molecule is O=C(NCCCCN1CCN(c2cccc(C(F)(F)F)c2)CC1)c1ccco1. The second kappa shape index (κ2) is 9.14. The van der Waals surface area contributed by atoms with Gasteiger partial charge in [-0.3, -0.25) is 9.69 Å². The van der Waals surface area contributed by atoms with Crippen LogP contribution in [0.2, 0.25) is 0 Å². The Hall–Kier alpha value is -2.48. The van der Waals surface area contributed by atoms with Gasteiger partial charge in [0, 0.05) is 38.4 Å². The van der Waals surface area contributed by atoms with E-state index in [9.17, 15) is 18.0 Å². The quantitative estimate of drug-likeness (QED) is 0.728. The molecule has 1 N–H and O–H groups in total. The highest BCUT2D eigenvalue weighted by Crippen LogP contribution is 2.31. The topological polar surface area (TPSA) is 48.7 Å². The van der Waals surface area contributed by atoms with Crippen molar-refractivity contribution in [2.24, 2.45) is 0 Å². The van der Waals surface area contributed by atoms with Gasteiger partial charge in [0.1, 0.15) is 0 Å². The lowest BCUT2D eigenvalue weighted by molar-refractivity contribution is -0.137. The maximum Gasteiger partial charge on any atom is 0.416 e. The minimum atomic E-state index is -4.32. The van der Waals surface area contributed by atoms with Gasteiger partial charge in [-0.25, -0.2) is 0 Å². The molecule has 0 bridgehead atoms. The van der Waals surface area contributed by atoms with E-state index in [2.05, 4.69) is 10.2 Å². The number of unbranched alkanes of at least 4 members (excludes halogenated alkanes) is 1. The molecule has 2 heterocycles. The van der Waals surface area contributed by atoms with Crippen molar-refractivity contribution in [3.63, 3.8) is 0 Å². The van der Waals surface area contributed by atoms with E-state index in [4.69, 9.17) is 4.42 Å². The number of rotatable bonds is 7. The molecule has 0 aliphatic carbocycles. The fourth-order valence-electron chi connectivity index (χ4n) is 3.27. The highest BCUT2D eigenvalue weighted by molar-refractivity contribution is 5.91. The number of hydrogen-bond donors (Lipinski definition) is 1. The third-order valence-corrected chi connectivity index (χ3v) is 4.84. The van der Waals surface area contributed by atoms with E-state index in [-0.39, 0.29) is 5.91 Å². The van der Waals surface area contributed by atoms with Crippen molar-refractivity contribution in [2.45, 2.75) is 19.0 Å². The van der Waals surface area contributed by atoms with Gasteiger partial charge in [-0.15, -0.1) is 0 Å². The summed E-state index contributed by atoms with van der Waals surface area (Å²) in [4.78, 5) is 16.0. The molecule has 0 radical (unpaired) electrons. The van der Waals surface area contributed by atoms with Crippen molar-refractivity contribution in [1.29, 1.82) is 0 Å². The second-order valence-corrected chi connectivity index (χ2v) is 6.82. The first-order valence-corrected chi connectivity index (χ1v) is 9.40. The number of carbonyl (C=O) groups excluding carboxylic acids is 1. The smallest absolute Gasteiger partial charge is 0.416 e. The molecule has 0 atom stereocenters. The van der Waals surface area contributed by atoms with Crippen molar-refractivity contribution in [3.05, 3.63) is 54.0 Å². The summed E-state index contributed by atoms with van der Waals surface area (Å²) in [6.07, 6.45) is -1.04. The van der Waals surface area contributed by atoms with Crippen LogP contribution in [0.15, 0.2) is 47.1 Å². The van der Waals surface area contributed by atoms with E-state index in [1.165, 1.54) is 18.4 Å². The molecule has 1 aromatic heterocycles. The monoisotopic (exact) mass is 395 g/mol. The summed E-state index contributed by atoms with van der Waals surface area (Å²) < 4.78 is 43.6. The molecule has 0 unspecified atom stereocenters. The Labute approximate surface area is 162 Å². The van der Waals surface area contributed by atoms with Crippen molar-refractivity contribution >= 4 is 11.6 Å². The van der Waals surface area contributed by atoms with Crippen LogP contribution < -0.4 is 10.2 Å². The molecule has 1 saturated heterocycles. The predicted octanol–water partition coefficient (Wildman–Crippen LogP) is 3.63. The van der Waals surface area contributed by atoms with E-state index in [1.54, 1.807) is 18.2 Å². The fourth-order valence-corrected chi connectivity index (χ4v) is 3.27. The van der Waals surface area contributed by atoms with Crippen LogP contribution in [0.5, 0.6) is 0 Å². The summed E-state index contributed by atoms with van der Waals surface area (Å²) in [5, 5.41) is 2.82. The first-order valence-electron chi connectivity index (χ1n) is 9.40. The summed E-state index contributed by atoms with van der Waals surface area (Å²) in [5.74, 6) is 0.102. The molecule has 8 heteroatoms. The Kier molecular flexibility index (Phi) is 6.61. The molecule has 0 spiro atoms. The summed E-state index contributed by atoms with van der Waals surface area (Å²) in [5.41, 5.74) is 0.0131. The van der Waals surface area contributed by atoms with E-state index >= 15 is 0 Å². The minimum Gasteiger partial charge on any atom is -0.459 e. The lowest BCUT2D eigenvalue weighted by atomic mass is 10.1.